The Morgan fingerprint density at radius 3 is 2.48 bits per heavy atom. The van der Waals surface area contributed by atoms with Crippen molar-refractivity contribution in [3.05, 3.63) is 32.7 Å². The summed E-state index contributed by atoms with van der Waals surface area (Å²) in [5.41, 5.74) is 1.32. The number of hydrogen-bond acceptors (Lipinski definition) is 2. The first-order chi connectivity index (χ1) is 9.95. The van der Waals surface area contributed by atoms with Gasteiger partial charge in [0.05, 0.1) is 12.2 Å². The minimum absolute atomic E-state index is 0.273. The molecule has 4 heteroatoms. The zero-order chi connectivity index (χ0) is 15.6. The van der Waals surface area contributed by atoms with Gasteiger partial charge in [0.25, 0.3) is 0 Å². The smallest absolute Gasteiger partial charge is 0.0600 e. The van der Waals surface area contributed by atoms with Crippen molar-refractivity contribution in [1.82, 2.24) is 5.32 Å². The molecule has 2 rings (SSSR count). The molecular formula is C17H25Br2NO. The Kier molecular flexibility index (Phi) is 6.30. The molecule has 21 heavy (non-hydrogen) atoms. The van der Waals surface area contributed by atoms with Gasteiger partial charge in [-0.15, -0.1) is 0 Å². The van der Waals surface area contributed by atoms with Crippen LogP contribution in [0, 0.1) is 11.8 Å². The predicted octanol–water partition coefficient (Wildman–Crippen LogP) is 5.31. The largest absolute Gasteiger partial charge is 0.375 e. The summed E-state index contributed by atoms with van der Waals surface area (Å²) in [6, 6.07) is 6.73. The number of benzene rings is 1. The lowest BCUT2D eigenvalue weighted by atomic mass is 9.80. The summed E-state index contributed by atoms with van der Waals surface area (Å²) in [6.45, 7) is 9.94. The van der Waals surface area contributed by atoms with Gasteiger partial charge in [0.2, 0.25) is 0 Å². The van der Waals surface area contributed by atoms with E-state index in [0.717, 1.165) is 17.4 Å². The molecule has 1 aromatic rings. The lowest BCUT2D eigenvalue weighted by Gasteiger charge is -2.31. The lowest BCUT2D eigenvalue weighted by Crippen LogP contribution is -2.35. The van der Waals surface area contributed by atoms with Crippen LogP contribution in [0.1, 0.15) is 45.7 Å². The Balaban J connectivity index is 2.36. The first kappa shape index (κ1) is 17.5. The van der Waals surface area contributed by atoms with Crippen LogP contribution in [0.2, 0.25) is 0 Å². The minimum Gasteiger partial charge on any atom is -0.375 e. The third-order valence-corrected chi connectivity index (χ3v) is 5.83. The van der Waals surface area contributed by atoms with Crippen LogP contribution in [0.4, 0.5) is 0 Å². The first-order valence-electron chi connectivity index (χ1n) is 7.79. The van der Waals surface area contributed by atoms with Gasteiger partial charge in [0, 0.05) is 20.9 Å². The second kappa shape index (κ2) is 7.58. The molecule has 0 bridgehead atoms. The summed E-state index contributed by atoms with van der Waals surface area (Å²) in [7, 11) is 0. The third kappa shape index (κ3) is 3.90. The molecule has 1 heterocycles. The number of hydrogen-bond donors (Lipinski definition) is 1. The number of ether oxygens (including phenoxy) is 1. The van der Waals surface area contributed by atoms with Crippen molar-refractivity contribution < 1.29 is 4.74 Å². The monoisotopic (exact) mass is 417 g/mol. The third-order valence-electron chi connectivity index (χ3n) is 4.61. The van der Waals surface area contributed by atoms with E-state index in [4.69, 9.17) is 4.74 Å². The second-order valence-electron chi connectivity index (χ2n) is 6.08. The van der Waals surface area contributed by atoms with Crippen LogP contribution in [0.25, 0.3) is 0 Å². The Labute approximate surface area is 145 Å². The van der Waals surface area contributed by atoms with E-state index in [1.54, 1.807) is 0 Å². The van der Waals surface area contributed by atoms with Crippen molar-refractivity contribution in [3.8, 4) is 0 Å². The average molecular weight is 419 g/mol. The van der Waals surface area contributed by atoms with Gasteiger partial charge >= 0.3 is 0 Å². The van der Waals surface area contributed by atoms with Crippen molar-refractivity contribution >= 4 is 31.9 Å². The lowest BCUT2D eigenvalue weighted by molar-refractivity contribution is 0.0475. The van der Waals surface area contributed by atoms with E-state index in [9.17, 15) is 0 Å². The maximum absolute atomic E-state index is 6.07. The van der Waals surface area contributed by atoms with Gasteiger partial charge in [-0.1, -0.05) is 45.7 Å². The van der Waals surface area contributed by atoms with Crippen molar-refractivity contribution in [2.75, 3.05) is 6.54 Å². The molecule has 1 aliphatic rings. The zero-order valence-corrected chi connectivity index (χ0v) is 16.4. The minimum atomic E-state index is 0.273. The van der Waals surface area contributed by atoms with Crippen LogP contribution in [0.15, 0.2) is 27.1 Å². The van der Waals surface area contributed by atoms with Gasteiger partial charge in [-0.2, -0.15) is 0 Å². The van der Waals surface area contributed by atoms with Crippen LogP contribution in [0.3, 0.4) is 0 Å². The molecule has 0 radical (unpaired) electrons. The SMILES string of the molecule is CCCNC(c1cc(Br)ccc1Br)C1C(C)OC(C)C1C. The molecule has 0 aliphatic carbocycles. The molecule has 0 spiro atoms. The fourth-order valence-corrected chi connectivity index (χ4v) is 4.25. The molecule has 1 aliphatic heterocycles. The van der Waals surface area contributed by atoms with Crippen LogP contribution in [-0.4, -0.2) is 18.8 Å². The van der Waals surface area contributed by atoms with Crippen molar-refractivity contribution in [3.63, 3.8) is 0 Å². The number of rotatable bonds is 5. The van der Waals surface area contributed by atoms with Gasteiger partial charge in [-0.3, -0.25) is 0 Å². The second-order valence-corrected chi connectivity index (χ2v) is 7.85. The Morgan fingerprint density at radius 1 is 1.19 bits per heavy atom. The molecular weight excluding hydrogens is 394 g/mol. The highest BCUT2D eigenvalue weighted by Crippen LogP contribution is 2.42. The summed E-state index contributed by atoms with van der Waals surface area (Å²) in [6.07, 6.45) is 1.73. The fourth-order valence-electron chi connectivity index (χ4n) is 3.37. The average Bonchev–Trinajstić information content (AvgIpc) is 2.69. The van der Waals surface area contributed by atoms with Crippen molar-refractivity contribution in [1.29, 1.82) is 0 Å². The van der Waals surface area contributed by atoms with Crippen molar-refractivity contribution in [2.45, 2.75) is 52.4 Å². The highest BCUT2D eigenvalue weighted by Gasteiger charge is 2.42. The maximum Gasteiger partial charge on any atom is 0.0600 e. The molecule has 2 nitrogen and oxygen atoms in total. The van der Waals surface area contributed by atoms with E-state index in [0.29, 0.717) is 24.0 Å². The Hall–Kier alpha value is 0.1000. The predicted molar refractivity (Wildman–Crippen MR) is 95.5 cm³/mol. The standard InChI is InChI=1S/C17H25Br2NO/c1-5-8-20-17(14-9-13(18)6-7-15(14)19)16-10(2)11(3)21-12(16)4/h6-7,9-12,16-17,20H,5,8H2,1-4H3. The van der Waals surface area contributed by atoms with Gasteiger partial charge in [0.15, 0.2) is 0 Å². The molecule has 0 aromatic heterocycles. The molecule has 118 valence electrons. The van der Waals surface area contributed by atoms with Crippen molar-refractivity contribution in [2.24, 2.45) is 11.8 Å². The van der Waals surface area contributed by atoms with E-state index < -0.39 is 0 Å². The molecule has 0 amide bonds. The summed E-state index contributed by atoms with van der Waals surface area (Å²) < 4.78 is 8.36. The maximum atomic E-state index is 6.07. The van der Waals surface area contributed by atoms with E-state index in [-0.39, 0.29) is 6.10 Å². The zero-order valence-electron chi connectivity index (χ0n) is 13.2. The normalized spacial score (nSPS) is 30.6. The number of halogens is 2. The van der Waals surface area contributed by atoms with E-state index in [1.165, 1.54) is 10.0 Å². The molecule has 1 fully saturated rings. The topological polar surface area (TPSA) is 21.3 Å². The molecule has 5 atom stereocenters. The summed E-state index contributed by atoms with van der Waals surface area (Å²) >= 11 is 7.33. The van der Waals surface area contributed by atoms with E-state index in [2.05, 4.69) is 83.1 Å². The van der Waals surface area contributed by atoms with Gasteiger partial charge in [0.1, 0.15) is 0 Å². The Morgan fingerprint density at radius 2 is 1.90 bits per heavy atom. The molecule has 0 saturated carbocycles. The molecule has 5 unspecified atom stereocenters. The molecule has 1 aromatic carbocycles. The fraction of sp³-hybridized carbons (Fsp3) is 0.647. The summed E-state index contributed by atoms with van der Waals surface area (Å²) in [4.78, 5) is 0. The molecule has 1 saturated heterocycles. The number of nitrogens with one attached hydrogen (secondary N) is 1. The van der Waals surface area contributed by atoms with E-state index in [1.807, 2.05) is 0 Å². The highest BCUT2D eigenvalue weighted by molar-refractivity contribution is 9.11. The van der Waals surface area contributed by atoms with Crippen LogP contribution >= 0.6 is 31.9 Å². The van der Waals surface area contributed by atoms with Gasteiger partial charge < -0.3 is 10.1 Å². The highest BCUT2D eigenvalue weighted by atomic mass is 79.9. The van der Waals surface area contributed by atoms with Gasteiger partial charge in [-0.05, 0) is 56.5 Å². The molecule has 1 N–H and O–H groups in total. The first-order valence-corrected chi connectivity index (χ1v) is 9.38. The van der Waals surface area contributed by atoms with Gasteiger partial charge in [-0.25, -0.2) is 0 Å². The van der Waals surface area contributed by atoms with Crippen LogP contribution in [-0.2, 0) is 4.74 Å². The summed E-state index contributed by atoms with van der Waals surface area (Å²) in [5, 5.41) is 3.75. The quantitative estimate of drug-likeness (QED) is 0.699. The van der Waals surface area contributed by atoms with Crippen LogP contribution in [0.5, 0.6) is 0 Å². The van der Waals surface area contributed by atoms with E-state index >= 15 is 0 Å². The Bertz CT molecular complexity index is 480. The van der Waals surface area contributed by atoms with Crippen LogP contribution < -0.4 is 5.32 Å². The summed E-state index contributed by atoms with van der Waals surface area (Å²) in [5.74, 6) is 1.03.